The Labute approximate surface area is 119 Å². The van der Waals surface area contributed by atoms with Crippen molar-refractivity contribution >= 4 is 10.8 Å². The highest BCUT2D eigenvalue weighted by molar-refractivity contribution is 5.85. The van der Waals surface area contributed by atoms with Crippen LogP contribution in [0.15, 0.2) is 65.3 Å². The standard InChI is InChI=1S/C18H19NO/c1-2-19-17(18-11-6-12-20-18)13-15-9-5-8-14-7-3-4-10-16(14)15/h3-12,17,19H,2,13H2,1H3. The lowest BCUT2D eigenvalue weighted by Gasteiger charge is -2.17. The monoisotopic (exact) mass is 265 g/mol. The maximum Gasteiger partial charge on any atom is 0.121 e. The van der Waals surface area contributed by atoms with Gasteiger partial charge in [-0.1, -0.05) is 49.4 Å². The van der Waals surface area contributed by atoms with Gasteiger partial charge in [0.25, 0.3) is 0 Å². The summed E-state index contributed by atoms with van der Waals surface area (Å²) in [6, 6.07) is 19.2. The SMILES string of the molecule is CCNC(Cc1cccc2ccccc12)c1ccco1. The Morgan fingerprint density at radius 1 is 1.00 bits per heavy atom. The van der Waals surface area contributed by atoms with E-state index in [9.17, 15) is 0 Å². The van der Waals surface area contributed by atoms with Crippen LogP contribution in [0.1, 0.15) is 24.3 Å². The first kappa shape index (κ1) is 12.9. The van der Waals surface area contributed by atoms with Gasteiger partial charge in [0.2, 0.25) is 0 Å². The second-order valence-corrected chi connectivity index (χ2v) is 4.97. The van der Waals surface area contributed by atoms with Crippen molar-refractivity contribution in [3.8, 4) is 0 Å². The highest BCUT2D eigenvalue weighted by Gasteiger charge is 2.14. The summed E-state index contributed by atoms with van der Waals surface area (Å²) in [4.78, 5) is 0. The predicted molar refractivity (Wildman–Crippen MR) is 82.8 cm³/mol. The lowest BCUT2D eigenvalue weighted by atomic mass is 9.98. The van der Waals surface area contributed by atoms with E-state index in [0.717, 1.165) is 18.7 Å². The number of fused-ring (bicyclic) bond motifs is 1. The minimum atomic E-state index is 0.223. The van der Waals surface area contributed by atoms with Crippen molar-refractivity contribution in [1.82, 2.24) is 5.32 Å². The zero-order valence-electron chi connectivity index (χ0n) is 11.7. The molecule has 0 aliphatic rings. The largest absolute Gasteiger partial charge is 0.468 e. The number of furan rings is 1. The zero-order chi connectivity index (χ0) is 13.8. The highest BCUT2D eigenvalue weighted by Crippen LogP contribution is 2.24. The molecule has 1 aromatic heterocycles. The van der Waals surface area contributed by atoms with Crippen LogP contribution in [0.4, 0.5) is 0 Å². The lowest BCUT2D eigenvalue weighted by Crippen LogP contribution is -2.22. The van der Waals surface area contributed by atoms with Crippen molar-refractivity contribution in [3.63, 3.8) is 0 Å². The Morgan fingerprint density at radius 3 is 2.65 bits per heavy atom. The molecule has 102 valence electrons. The third kappa shape index (κ3) is 2.61. The second kappa shape index (κ2) is 5.93. The highest BCUT2D eigenvalue weighted by atomic mass is 16.3. The van der Waals surface area contributed by atoms with Crippen LogP contribution in [0.5, 0.6) is 0 Å². The van der Waals surface area contributed by atoms with Gasteiger partial charge in [-0.2, -0.15) is 0 Å². The van der Waals surface area contributed by atoms with Crippen LogP contribution in [0.2, 0.25) is 0 Å². The molecule has 3 aromatic rings. The first-order valence-corrected chi connectivity index (χ1v) is 7.12. The van der Waals surface area contributed by atoms with E-state index in [1.807, 2.05) is 12.1 Å². The van der Waals surface area contributed by atoms with E-state index in [1.54, 1.807) is 6.26 Å². The van der Waals surface area contributed by atoms with Gasteiger partial charge in [0, 0.05) is 0 Å². The Kier molecular flexibility index (Phi) is 3.84. The Balaban J connectivity index is 1.94. The Hall–Kier alpha value is -2.06. The molecular weight excluding hydrogens is 246 g/mol. The van der Waals surface area contributed by atoms with Crippen LogP contribution < -0.4 is 5.32 Å². The number of likely N-dealkylation sites (N-methyl/N-ethyl adjacent to an activating group) is 1. The van der Waals surface area contributed by atoms with Crippen LogP contribution >= 0.6 is 0 Å². The summed E-state index contributed by atoms with van der Waals surface area (Å²) in [6.45, 7) is 3.05. The maximum absolute atomic E-state index is 5.57. The minimum Gasteiger partial charge on any atom is -0.468 e. The molecule has 2 heteroatoms. The Bertz CT molecular complexity index is 667. The van der Waals surface area contributed by atoms with E-state index in [0.29, 0.717) is 0 Å². The molecule has 1 unspecified atom stereocenters. The summed E-state index contributed by atoms with van der Waals surface area (Å²) in [5.41, 5.74) is 1.35. The van der Waals surface area contributed by atoms with Crippen LogP contribution in [-0.4, -0.2) is 6.54 Å². The third-order valence-electron chi connectivity index (χ3n) is 3.64. The molecule has 0 saturated heterocycles. The summed E-state index contributed by atoms with van der Waals surface area (Å²) in [6.07, 6.45) is 2.67. The van der Waals surface area contributed by atoms with Crippen molar-refractivity contribution in [3.05, 3.63) is 72.2 Å². The van der Waals surface area contributed by atoms with E-state index < -0.39 is 0 Å². The number of nitrogens with one attached hydrogen (secondary N) is 1. The normalized spacial score (nSPS) is 12.7. The zero-order valence-corrected chi connectivity index (χ0v) is 11.7. The fraction of sp³-hybridized carbons (Fsp3) is 0.222. The van der Waals surface area contributed by atoms with Crippen LogP contribution in [0, 0.1) is 0 Å². The molecular formula is C18H19NO. The molecule has 0 amide bonds. The molecule has 0 radical (unpaired) electrons. The van der Waals surface area contributed by atoms with Gasteiger partial charge < -0.3 is 9.73 Å². The van der Waals surface area contributed by atoms with Gasteiger partial charge in [0.15, 0.2) is 0 Å². The predicted octanol–water partition coefficient (Wildman–Crippen LogP) is 4.33. The number of hydrogen-bond donors (Lipinski definition) is 1. The maximum atomic E-state index is 5.57. The van der Waals surface area contributed by atoms with Gasteiger partial charge in [0.1, 0.15) is 5.76 Å². The molecule has 0 bridgehead atoms. The molecule has 0 saturated carbocycles. The number of hydrogen-bond acceptors (Lipinski definition) is 2. The van der Waals surface area contributed by atoms with Crippen molar-refractivity contribution in [1.29, 1.82) is 0 Å². The first-order chi connectivity index (χ1) is 9.88. The summed E-state index contributed by atoms with van der Waals surface area (Å²) < 4.78 is 5.57. The molecule has 20 heavy (non-hydrogen) atoms. The molecule has 0 aliphatic carbocycles. The van der Waals surface area contributed by atoms with Gasteiger partial charge >= 0.3 is 0 Å². The van der Waals surface area contributed by atoms with E-state index >= 15 is 0 Å². The fourth-order valence-corrected chi connectivity index (χ4v) is 2.70. The van der Waals surface area contributed by atoms with Gasteiger partial charge in [-0.15, -0.1) is 0 Å². The average Bonchev–Trinajstić information content (AvgIpc) is 3.01. The molecule has 1 heterocycles. The average molecular weight is 265 g/mol. The quantitative estimate of drug-likeness (QED) is 0.743. The van der Waals surface area contributed by atoms with Crippen molar-refractivity contribution in [2.75, 3.05) is 6.54 Å². The molecule has 1 N–H and O–H groups in total. The van der Waals surface area contributed by atoms with Crippen molar-refractivity contribution in [2.45, 2.75) is 19.4 Å². The third-order valence-corrected chi connectivity index (χ3v) is 3.64. The molecule has 0 spiro atoms. The molecule has 3 rings (SSSR count). The molecule has 1 atom stereocenters. The molecule has 2 aromatic carbocycles. The lowest BCUT2D eigenvalue weighted by molar-refractivity contribution is 0.417. The van der Waals surface area contributed by atoms with E-state index in [2.05, 4.69) is 54.7 Å². The number of rotatable bonds is 5. The van der Waals surface area contributed by atoms with E-state index in [4.69, 9.17) is 4.42 Å². The van der Waals surface area contributed by atoms with Gasteiger partial charge in [0.05, 0.1) is 12.3 Å². The van der Waals surface area contributed by atoms with Crippen LogP contribution in [0.25, 0.3) is 10.8 Å². The second-order valence-electron chi connectivity index (χ2n) is 4.97. The number of benzene rings is 2. The van der Waals surface area contributed by atoms with E-state index in [-0.39, 0.29) is 6.04 Å². The van der Waals surface area contributed by atoms with Gasteiger partial charge in [-0.3, -0.25) is 0 Å². The summed E-state index contributed by atoms with van der Waals surface area (Å²) in [5.74, 6) is 1.000. The first-order valence-electron chi connectivity index (χ1n) is 7.12. The van der Waals surface area contributed by atoms with Gasteiger partial charge in [-0.25, -0.2) is 0 Å². The topological polar surface area (TPSA) is 25.2 Å². The van der Waals surface area contributed by atoms with Crippen LogP contribution in [0.3, 0.4) is 0 Å². The van der Waals surface area contributed by atoms with Crippen molar-refractivity contribution in [2.24, 2.45) is 0 Å². The summed E-state index contributed by atoms with van der Waals surface area (Å²) in [7, 11) is 0. The van der Waals surface area contributed by atoms with E-state index in [1.165, 1.54) is 16.3 Å². The van der Waals surface area contributed by atoms with Gasteiger partial charge in [-0.05, 0) is 41.4 Å². The summed E-state index contributed by atoms with van der Waals surface area (Å²) >= 11 is 0. The molecule has 2 nitrogen and oxygen atoms in total. The fourth-order valence-electron chi connectivity index (χ4n) is 2.70. The Morgan fingerprint density at radius 2 is 1.85 bits per heavy atom. The molecule has 0 aliphatic heterocycles. The van der Waals surface area contributed by atoms with Crippen molar-refractivity contribution < 1.29 is 4.42 Å². The van der Waals surface area contributed by atoms with Crippen LogP contribution in [-0.2, 0) is 6.42 Å². The molecule has 0 fully saturated rings. The smallest absolute Gasteiger partial charge is 0.121 e. The summed E-state index contributed by atoms with van der Waals surface area (Å²) in [5, 5.41) is 6.12. The minimum absolute atomic E-state index is 0.223.